The minimum Gasteiger partial charge on any atom is -0.497 e. The summed E-state index contributed by atoms with van der Waals surface area (Å²) < 4.78 is 10.7. The average Bonchev–Trinajstić information content (AvgIpc) is 2.39. The largest absolute Gasteiger partial charge is 0.497 e. The van der Waals surface area contributed by atoms with Crippen molar-refractivity contribution in [2.24, 2.45) is 5.41 Å². The molecule has 0 fully saturated rings. The summed E-state index contributed by atoms with van der Waals surface area (Å²) in [4.78, 5) is 0. The number of nitrogens with one attached hydrogen (secondary N) is 1. The summed E-state index contributed by atoms with van der Waals surface area (Å²) in [5.41, 5.74) is 0.127. The molecule has 0 saturated heterocycles. The van der Waals surface area contributed by atoms with E-state index in [0.29, 0.717) is 12.5 Å². The summed E-state index contributed by atoms with van der Waals surface area (Å²) in [6.07, 6.45) is 0. The van der Waals surface area contributed by atoms with Crippen LogP contribution in [-0.4, -0.2) is 32.7 Å². The van der Waals surface area contributed by atoms with Crippen LogP contribution < -0.4 is 14.8 Å². The smallest absolute Gasteiger partial charge is 0.119 e. The second-order valence-corrected chi connectivity index (χ2v) is 5.27. The summed E-state index contributed by atoms with van der Waals surface area (Å²) in [5.74, 6) is 2.35. The molecular formula is C14H22ClNO2. The number of methoxy groups -OCH3 is 1. The molecule has 0 aliphatic rings. The lowest BCUT2D eigenvalue weighted by Gasteiger charge is -2.21. The standard InChI is InChI=1S/C14H22ClNO2/c1-14(2,10-15)11-16-8-9-18-13-6-4-12(17-3)5-7-13/h4-7,16H,8-11H2,1-3H3. The maximum atomic E-state index is 5.85. The average molecular weight is 272 g/mol. The first-order valence-electron chi connectivity index (χ1n) is 6.11. The number of alkyl halides is 1. The van der Waals surface area contributed by atoms with E-state index in [1.807, 2.05) is 24.3 Å². The summed E-state index contributed by atoms with van der Waals surface area (Å²) in [6, 6.07) is 7.59. The summed E-state index contributed by atoms with van der Waals surface area (Å²) in [7, 11) is 1.65. The van der Waals surface area contributed by atoms with Gasteiger partial charge in [-0.2, -0.15) is 0 Å². The van der Waals surface area contributed by atoms with Crippen molar-refractivity contribution >= 4 is 11.6 Å². The predicted octanol–water partition coefficient (Wildman–Crippen LogP) is 2.93. The fourth-order valence-electron chi connectivity index (χ4n) is 1.39. The van der Waals surface area contributed by atoms with E-state index < -0.39 is 0 Å². The summed E-state index contributed by atoms with van der Waals surface area (Å²) in [5, 5.41) is 3.34. The van der Waals surface area contributed by atoms with Gasteiger partial charge >= 0.3 is 0 Å². The van der Waals surface area contributed by atoms with E-state index in [9.17, 15) is 0 Å². The van der Waals surface area contributed by atoms with Gasteiger partial charge in [0, 0.05) is 19.0 Å². The number of hydrogen-bond acceptors (Lipinski definition) is 3. The Morgan fingerprint density at radius 3 is 2.33 bits per heavy atom. The first-order valence-corrected chi connectivity index (χ1v) is 6.64. The van der Waals surface area contributed by atoms with E-state index in [-0.39, 0.29) is 5.41 Å². The highest BCUT2D eigenvalue weighted by atomic mass is 35.5. The van der Waals surface area contributed by atoms with Gasteiger partial charge in [0.15, 0.2) is 0 Å². The molecule has 3 nitrogen and oxygen atoms in total. The van der Waals surface area contributed by atoms with Crippen LogP contribution in [0, 0.1) is 5.41 Å². The van der Waals surface area contributed by atoms with E-state index >= 15 is 0 Å². The van der Waals surface area contributed by atoms with Crippen LogP contribution in [0.3, 0.4) is 0 Å². The van der Waals surface area contributed by atoms with Gasteiger partial charge in [0.1, 0.15) is 18.1 Å². The zero-order chi connectivity index (χ0) is 13.4. The number of hydrogen-bond donors (Lipinski definition) is 1. The molecule has 1 rings (SSSR count). The lowest BCUT2D eigenvalue weighted by atomic mass is 9.97. The summed E-state index contributed by atoms with van der Waals surface area (Å²) >= 11 is 5.85. The van der Waals surface area contributed by atoms with Crippen LogP contribution >= 0.6 is 11.6 Å². The normalized spacial score (nSPS) is 11.3. The first-order chi connectivity index (χ1) is 8.57. The molecule has 0 bridgehead atoms. The van der Waals surface area contributed by atoms with Crippen molar-refractivity contribution in [3.05, 3.63) is 24.3 Å². The predicted molar refractivity (Wildman–Crippen MR) is 75.9 cm³/mol. The molecule has 1 aromatic rings. The van der Waals surface area contributed by atoms with Crippen LogP contribution in [0.2, 0.25) is 0 Å². The van der Waals surface area contributed by atoms with Crippen LogP contribution in [0.4, 0.5) is 0 Å². The van der Waals surface area contributed by atoms with Crippen molar-refractivity contribution in [3.8, 4) is 11.5 Å². The molecule has 0 saturated carbocycles. The van der Waals surface area contributed by atoms with Crippen LogP contribution in [0.25, 0.3) is 0 Å². The molecule has 0 heterocycles. The fraction of sp³-hybridized carbons (Fsp3) is 0.571. The third-order valence-corrected chi connectivity index (χ3v) is 3.30. The van der Waals surface area contributed by atoms with E-state index in [1.54, 1.807) is 7.11 Å². The van der Waals surface area contributed by atoms with Crippen molar-refractivity contribution in [1.29, 1.82) is 0 Å². The molecule has 102 valence electrons. The Morgan fingerprint density at radius 1 is 1.17 bits per heavy atom. The van der Waals surface area contributed by atoms with Gasteiger partial charge < -0.3 is 14.8 Å². The van der Waals surface area contributed by atoms with Crippen molar-refractivity contribution in [2.75, 3.05) is 32.7 Å². The molecule has 0 spiro atoms. The Labute approximate surface area is 114 Å². The Kier molecular flexibility index (Phi) is 6.30. The Morgan fingerprint density at radius 2 is 1.78 bits per heavy atom. The molecule has 0 radical (unpaired) electrons. The van der Waals surface area contributed by atoms with Crippen LogP contribution in [0.5, 0.6) is 11.5 Å². The quantitative estimate of drug-likeness (QED) is 0.583. The highest BCUT2D eigenvalue weighted by Gasteiger charge is 2.14. The summed E-state index contributed by atoms with van der Waals surface area (Å²) in [6.45, 7) is 6.62. The minimum atomic E-state index is 0.127. The first kappa shape index (κ1) is 15.1. The fourth-order valence-corrected chi connectivity index (χ4v) is 1.48. The van der Waals surface area contributed by atoms with Gasteiger partial charge in [-0.25, -0.2) is 0 Å². The molecular weight excluding hydrogens is 250 g/mol. The second kappa shape index (κ2) is 7.49. The Bertz CT molecular complexity index is 338. The van der Waals surface area contributed by atoms with Crippen LogP contribution in [0.15, 0.2) is 24.3 Å². The topological polar surface area (TPSA) is 30.5 Å². The molecule has 1 aromatic carbocycles. The molecule has 0 atom stereocenters. The highest BCUT2D eigenvalue weighted by Crippen LogP contribution is 2.17. The maximum Gasteiger partial charge on any atom is 0.119 e. The van der Waals surface area contributed by atoms with Crippen molar-refractivity contribution in [2.45, 2.75) is 13.8 Å². The molecule has 1 N–H and O–H groups in total. The Hall–Kier alpha value is -0.930. The Balaban J connectivity index is 2.17. The zero-order valence-electron chi connectivity index (χ0n) is 11.3. The number of ether oxygens (including phenoxy) is 2. The second-order valence-electron chi connectivity index (χ2n) is 5.00. The molecule has 0 aromatic heterocycles. The lowest BCUT2D eigenvalue weighted by molar-refractivity contribution is 0.297. The van der Waals surface area contributed by atoms with E-state index in [1.165, 1.54) is 0 Å². The van der Waals surface area contributed by atoms with Crippen LogP contribution in [-0.2, 0) is 0 Å². The number of benzene rings is 1. The van der Waals surface area contributed by atoms with Crippen molar-refractivity contribution < 1.29 is 9.47 Å². The molecule has 0 unspecified atom stereocenters. The van der Waals surface area contributed by atoms with E-state index in [2.05, 4.69) is 19.2 Å². The van der Waals surface area contributed by atoms with E-state index in [0.717, 1.165) is 24.6 Å². The minimum absolute atomic E-state index is 0.127. The van der Waals surface area contributed by atoms with Gasteiger partial charge in [0.25, 0.3) is 0 Å². The van der Waals surface area contributed by atoms with Gasteiger partial charge in [-0.1, -0.05) is 13.8 Å². The van der Waals surface area contributed by atoms with Crippen LogP contribution in [0.1, 0.15) is 13.8 Å². The third kappa shape index (κ3) is 5.61. The SMILES string of the molecule is COc1ccc(OCCNCC(C)(C)CCl)cc1. The highest BCUT2D eigenvalue weighted by molar-refractivity contribution is 6.18. The van der Waals surface area contributed by atoms with E-state index in [4.69, 9.17) is 21.1 Å². The third-order valence-electron chi connectivity index (χ3n) is 2.57. The van der Waals surface area contributed by atoms with Gasteiger partial charge in [0.05, 0.1) is 7.11 Å². The zero-order valence-corrected chi connectivity index (χ0v) is 12.1. The van der Waals surface area contributed by atoms with Crippen molar-refractivity contribution in [1.82, 2.24) is 5.32 Å². The number of rotatable bonds is 8. The molecule has 4 heteroatoms. The molecule has 0 aliphatic carbocycles. The number of halogens is 1. The van der Waals surface area contributed by atoms with Gasteiger partial charge in [-0.05, 0) is 29.7 Å². The van der Waals surface area contributed by atoms with Gasteiger partial charge in [-0.3, -0.25) is 0 Å². The molecule has 0 aliphatic heterocycles. The van der Waals surface area contributed by atoms with Gasteiger partial charge in [0.2, 0.25) is 0 Å². The maximum absolute atomic E-state index is 5.85. The van der Waals surface area contributed by atoms with Gasteiger partial charge in [-0.15, -0.1) is 11.6 Å². The molecule has 18 heavy (non-hydrogen) atoms. The lowest BCUT2D eigenvalue weighted by Crippen LogP contribution is -2.33. The monoisotopic (exact) mass is 271 g/mol. The molecule has 0 amide bonds. The van der Waals surface area contributed by atoms with Crippen molar-refractivity contribution in [3.63, 3.8) is 0 Å².